The van der Waals surface area contributed by atoms with Gasteiger partial charge in [-0.2, -0.15) is 0 Å². The molecule has 27 heavy (non-hydrogen) atoms. The third-order valence-corrected chi connectivity index (χ3v) is 4.37. The summed E-state index contributed by atoms with van der Waals surface area (Å²) in [7, 11) is 5.98. The van der Waals surface area contributed by atoms with Crippen LogP contribution in [0, 0.1) is 0 Å². The number of halogens is 1. The van der Waals surface area contributed by atoms with Crippen LogP contribution in [0.4, 0.5) is 0 Å². The molecule has 0 bridgehead atoms. The van der Waals surface area contributed by atoms with Crippen LogP contribution in [0.15, 0.2) is 45.9 Å². The zero-order chi connectivity index (χ0) is 18.9. The maximum absolute atomic E-state index is 5.36. The summed E-state index contributed by atoms with van der Waals surface area (Å²) in [6.07, 6.45) is 0.984. The number of guanidine groups is 1. The average Bonchev–Trinajstić information content (AvgIpc) is 3.11. The van der Waals surface area contributed by atoms with Gasteiger partial charge in [0.1, 0.15) is 0 Å². The van der Waals surface area contributed by atoms with Gasteiger partial charge in [-0.05, 0) is 32.0 Å². The first-order valence-electron chi connectivity index (χ1n) is 9.10. The molecule has 0 aliphatic heterocycles. The van der Waals surface area contributed by atoms with E-state index in [1.54, 1.807) is 7.05 Å². The summed E-state index contributed by atoms with van der Waals surface area (Å²) in [6, 6.07) is 12.9. The van der Waals surface area contributed by atoms with E-state index in [1.807, 2.05) is 12.1 Å². The molecule has 0 fully saturated rings. The molecule has 0 amide bonds. The average molecular weight is 485 g/mol. The van der Waals surface area contributed by atoms with E-state index in [1.165, 1.54) is 5.56 Å². The van der Waals surface area contributed by atoms with Gasteiger partial charge in [0.05, 0.1) is 12.2 Å². The number of nitrogens with one attached hydrogen (secondary N) is 2. The van der Waals surface area contributed by atoms with E-state index in [2.05, 4.69) is 77.9 Å². The van der Waals surface area contributed by atoms with Gasteiger partial charge in [-0.15, -0.1) is 24.0 Å². The number of hydrogen-bond acceptors (Lipinski definition) is 4. The fraction of sp³-hybridized carbons (Fsp3) is 0.500. The lowest BCUT2D eigenvalue weighted by molar-refractivity contribution is 0.290. The summed E-state index contributed by atoms with van der Waals surface area (Å²) in [5.74, 6) is 1.93. The van der Waals surface area contributed by atoms with E-state index in [0.29, 0.717) is 18.5 Å². The number of hydrogen-bond donors (Lipinski definition) is 2. The molecule has 150 valence electrons. The third-order valence-electron chi connectivity index (χ3n) is 4.37. The van der Waals surface area contributed by atoms with Crippen LogP contribution in [0.5, 0.6) is 0 Å². The molecule has 1 atom stereocenters. The van der Waals surface area contributed by atoms with Crippen LogP contribution in [-0.4, -0.2) is 49.7 Å². The van der Waals surface area contributed by atoms with Crippen molar-refractivity contribution >= 4 is 29.9 Å². The highest BCUT2D eigenvalue weighted by molar-refractivity contribution is 14.0. The van der Waals surface area contributed by atoms with Crippen molar-refractivity contribution in [3.8, 4) is 0 Å². The number of benzene rings is 1. The predicted octanol–water partition coefficient (Wildman–Crippen LogP) is 3.25. The zero-order valence-electron chi connectivity index (χ0n) is 16.9. The Morgan fingerprint density at radius 1 is 1.19 bits per heavy atom. The Hall–Kier alpha value is -1.61. The lowest BCUT2D eigenvalue weighted by atomic mass is 10.1. The Kier molecular flexibility index (Phi) is 10.4. The third kappa shape index (κ3) is 7.88. The van der Waals surface area contributed by atoms with Crippen molar-refractivity contribution in [1.29, 1.82) is 0 Å². The summed E-state index contributed by atoms with van der Waals surface area (Å²) >= 11 is 0. The maximum Gasteiger partial charge on any atom is 0.191 e. The molecule has 2 N–H and O–H groups in total. The summed E-state index contributed by atoms with van der Waals surface area (Å²) in [5, 5.41) is 10.8. The number of likely N-dealkylation sites (N-methyl/N-ethyl adjacent to an activating group) is 1. The first kappa shape index (κ1) is 23.4. The van der Waals surface area contributed by atoms with E-state index in [-0.39, 0.29) is 24.0 Å². The molecule has 2 aromatic rings. The van der Waals surface area contributed by atoms with E-state index in [4.69, 9.17) is 4.52 Å². The molecule has 0 aliphatic rings. The van der Waals surface area contributed by atoms with Gasteiger partial charge in [0, 0.05) is 25.7 Å². The van der Waals surface area contributed by atoms with E-state index >= 15 is 0 Å². The minimum absolute atomic E-state index is 0. The van der Waals surface area contributed by atoms with Crippen LogP contribution in [-0.2, 0) is 13.0 Å². The second kappa shape index (κ2) is 12.0. The van der Waals surface area contributed by atoms with Gasteiger partial charge in [-0.1, -0.05) is 49.3 Å². The number of aromatic nitrogens is 1. The molecule has 1 unspecified atom stereocenters. The van der Waals surface area contributed by atoms with Gasteiger partial charge in [-0.3, -0.25) is 4.99 Å². The lowest BCUT2D eigenvalue weighted by Gasteiger charge is -2.25. The van der Waals surface area contributed by atoms with Crippen molar-refractivity contribution in [1.82, 2.24) is 20.7 Å². The SMILES string of the molecule is CN=C(NCc1cc(C(C)C)no1)NCC(Cc1ccccc1)N(C)C.I. The molecule has 0 aliphatic carbocycles. The summed E-state index contributed by atoms with van der Waals surface area (Å²) in [4.78, 5) is 6.53. The lowest BCUT2D eigenvalue weighted by Crippen LogP contribution is -2.45. The Morgan fingerprint density at radius 3 is 2.44 bits per heavy atom. The van der Waals surface area contributed by atoms with Crippen molar-refractivity contribution in [2.75, 3.05) is 27.7 Å². The van der Waals surface area contributed by atoms with Crippen LogP contribution in [0.25, 0.3) is 0 Å². The van der Waals surface area contributed by atoms with Crippen molar-refractivity contribution in [3.05, 3.63) is 53.4 Å². The molecule has 0 spiro atoms. The zero-order valence-corrected chi connectivity index (χ0v) is 19.2. The minimum Gasteiger partial charge on any atom is -0.359 e. The van der Waals surface area contributed by atoms with Crippen LogP contribution in [0.3, 0.4) is 0 Å². The van der Waals surface area contributed by atoms with Crippen molar-refractivity contribution < 1.29 is 4.52 Å². The monoisotopic (exact) mass is 485 g/mol. The first-order valence-corrected chi connectivity index (χ1v) is 9.10. The van der Waals surface area contributed by atoms with Gasteiger partial charge in [0.2, 0.25) is 0 Å². The topological polar surface area (TPSA) is 65.7 Å². The second-order valence-electron chi connectivity index (χ2n) is 6.99. The highest BCUT2D eigenvalue weighted by Gasteiger charge is 2.13. The molecular weight excluding hydrogens is 453 g/mol. The van der Waals surface area contributed by atoms with Crippen LogP contribution in [0.2, 0.25) is 0 Å². The molecule has 7 heteroatoms. The molecular formula is C20H32IN5O. The van der Waals surface area contributed by atoms with E-state index in [9.17, 15) is 0 Å². The highest BCUT2D eigenvalue weighted by Crippen LogP contribution is 2.13. The van der Waals surface area contributed by atoms with Crippen LogP contribution >= 0.6 is 24.0 Å². The summed E-state index contributed by atoms with van der Waals surface area (Å²) in [5.41, 5.74) is 2.30. The van der Waals surface area contributed by atoms with Crippen LogP contribution in [0.1, 0.15) is 36.8 Å². The molecule has 6 nitrogen and oxygen atoms in total. The quantitative estimate of drug-likeness (QED) is 0.342. The highest BCUT2D eigenvalue weighted by atomic mass is 127. The van der Waals surface area contributed by atoms with Crippen LogP contribution < -0.4 is 10.6 Å². The molecule has 1 heterocycles. The summed E-state index contributed by atoms with van der Waals surface area (Å²) < 4.78 is 5.36. The maximum atomic E-state index is 5.36. The van der Waals surface area contributed by atoms with Crippen molar-refractivity contribution in [3.63, 3.8) is 0 Å². The minimum atomic E-state index is 0. The van der Waals surface area contributed by atoms with Gasteiger partial charge in [0.15, 0.2) is 11.7 Å². The summed E-state index contributed by atoms with van der Waals surface area (Å²) in [6.45, 7) is 5.56. The fourth-order valence-corrected chi connectivity index (χ4v) is 2.61. The Bertz CT molecular complexity index is 685. The number of rotatable bonds is 8. The first-order chi connectivity index (χ1) is 12.5. The standard InChI is InChI=1S/C20H31N5O.HI/c1-15(2)19-12-18(26-24-19)14-23-20(21-3)22-13-17(25(4)5)11-16-9-7-6-8-10-16;/h6-10,12,15,17H,11,13-14H2,1-5H3,(H2,21,22,23);1H. The van der Waals surface area contributed by atoms with Gasteiger partial charge in [-0.25, -0.2) is 0 Å². The van der Waals surface area contributed by atoms with Crippen molar-refractivity contribution in [2.24, 2.45) is 4.99 Å². The van der Waals surface area contributed by atoms with Crippen molar-refractivity contribution in [2.45, 2.75) is 38.8 Å². The molecule has 0 saturated heterocycles. The molecule has 1 aromatic carbocycles. The Labute approximate surface area is 179 Å². The smallest absolute Gasteiger partial charge is 0.191 e. The number of nitrogens with zero attached hydrogens (tertiary/aromatic N) is 3. The normalized spacial score (nSPS) is 12.8. The molecule has 2 rings (SSSR count). The number of aliphatic imine (C=N–C) groups is 1. The second-order valence-corrected chi connectivity index (χ2v) is 6.99. The molecule has 0 radical (unpaired) electrons. The fourth-order valence-electron chi connectivity index (χ4n) is 2.61. The van der Waals surface area contributed by atoms with Gasteiger partial charge in [0.25, 0.3) is 0 Å². The largest absolute Gasteiger partial charge is 0.359 e. The van der Waals surface area contributed by atoms with Gasteiger partial charge >= 0.3 is 0 Å². The molecule has 0 saturated carbocycles. The van der Waals surface area contributed by atoms with Gasteiger partial charge < -0.3 is 20.1 Å². The Morgan fingerprint density at radius 2 is 1.89 bits per heavy atom. The van der Waals surface area contributed by atoms with E-state index < -0.39 is 0 Å². The van der Waals surface area contributed by atoms with E-state index in [0.717, 1.165) is 30.4 Å². The molecule has 1 aromatic heterocycles. The predicted molar refractivity (Wildman–Crippen MR) is 122 cm³/mol. The Balaban J connectivity index is 0.00000364.